The Balaban J connectivity index is 1.82. The highest BCUT2D eigenvalue weighted by atomic mass is 32.2. The molecule has 2 aromatic rings. The molecular formula is C17H18S3. The van der Waals surface area contributed by atoms with Crippen LogP contribution in [0.15, 0.2) is 48.5 Å². The lowest BCUT2D eigenvalue weighted by Crippen LogP contribution is -1.91. The van der Waals surface area contributed by atoms with E-state index in [0.717, 1.165) is 15.0 Å². The van der Waals surface area contributed by atoms with E-state index in [2.05, 4.69) is 62.4 Å². The van der Waals surface area contributed by atoms with Gasteiger partial charge in [-0.05, 0) is 36.1 Å². The average Bonchev–Trinajstić information content (AvgIpc) is 2.45. The van der Waals surface area contributed by atoms with Crippen molar-refractivity contribution in [3.05, 3.63) is 70.8 Å². The van der Waals surface area contributed by atoms with Crippen LogP contribution in [0.2, 0.25) is 0 Å². The highest BCUT2D eigenvalue weighted by Crippen LogP contribution is 2.26. The first-order valence-corrected chi connectivity index (χ1v) is 8.93. The van der Waals surface area contributed by atoms with Gasteiger partial charge in [-0.1, -0.05) is 60.7 Å². The normalized spacial score (nSPS) is 10.5. The van der Waals surface area contributed by atoms with Gasteiger partial charge >= 0.3 is 0 Å². The Morgan fingerprint density at radius 2 is 1.20 bits per heavy atom. The fourth-order valence-corrected chi connectivity index (χ4v) is 4.09. The van der Waals surface area contributed by atoms with Crippen LogP contribution in [0.4, 0.5) is 0 Å². The summed E-state index contributed by atoms with van der Waals surface area (Å²) in [6, 6.07) is 17.0. The smallest absolute Gasteiger partial charge is 0.103 e. The van der Waals surface area contributed by atoms with Gasteiger partial charge in [-0.2, -0.15) is 0 Å². The first-order valence-electron chi connectivity index (χ1n) is 6.55. The first-order chi connectivity index (χ1) is 9.66. The van der Waals surface area contributed by atoms with Gasteiger partial charge in [-0.25, -0.2) is 0 Å². The van der Waals surface area contributed by atoms with Crippen molar-refractivity contribution in [2.75, 3.05) is 0 Å². The monoisotopic (exact) mass is 318 g/mol. The van der Waals surface area contributed by atoms with E-state index in [1.807, 2.05) is 0 Å². The van der Waals surface area contributed by atoms with E-state index in [1.54, 1.807) is 23.5 Å². The molecule has 0 nitrogen and oxygen atoms in total. The molecule has 0 N–H and O–H groups in total. The summed E-state index contributed by atoms with van der Waals surface area (Å²) in [4.78, 5) is 0. The molecule has 0 saturated heterocycles. The lowest BCUT2D eigenvalue weighted by Gasteiger charge is -2.07. The molecule has 0 aliphatic carbocycles. The zero-order valence-electron chi connectivity index (χ0n) is 11.8. The standard InChI is InChI=1S/C17H18S3/c1-13-7-3-5-9-15(13)11-19-17(18)20-12-16-10-6-4-8-14(16)2/h3-10H,11-12H2,1-2H3. The molecule has 0 aliphatic heterocycles. The summed E-state index contributed by atoms with van der Waals surface area (Å²) in [6.07, 6.45) is 0. The lowest BCUT2D eigenvalue weighted by molar-refractivity contribution is 1.31. The van der Waals surface area contributed by atoms with Gasteiger partial charge in [-0.3, -0.25) is 0 Å². The predicted octanol–water partition coefficient (Wildman–Crippen LogP) is 5.75. The van der Waals surface area contributed by atoms with Gasteiger partial charge in [-0.15, -0.1) is 23.5 Å². The first kappa shape index (κ1) is 15.6. The van der Waals surface area contributed by atoms with Gasteiger partial charge in [0.1, 0.15) is 3.53 Å². The second-order valence-electron chi connectivity index (χ2n) is 4.68. The van der Waals surface area contributed by atoms with Crippen LogP contribution >= 0.6 is 35.7 Å². The molecule has 0 aliphatic rings. The summed E-state index contributed by atoms with van der Waals surface area (Å²) in [6.45, 7) is 4.30. The Hall–Kier alpha value is -0.770. The van der Waals surface area contributed by atoms with E-state index >= 15 is 0 Å². The molecule has 2 aromatic carbocycles. The molecule has 0 aromatic heterocycles. The highest BCUT2D eigenvalue weighted by Gasteiger charge is 2.04. The van der Waals surface area contributed by atoms with Gasteiger partial charge in [0.05, 0.1) is 0 Å². The summed E-state index contributed by atoms with van der Waals surface area (Å²) in [5, 5.41) is 0. The summed E-state index contributed by atoms with van der Waals surface area (Å²) >= 11 is 8.99. The molecule has 0 fully saturated rings. The zero-order chi connectivity index (χ0) is 14.4. The second-order valence-corrected chi connectivity index (χ2v) is 7.84. The Kier molecular flexibility index (Phi) is 6.14. The fourth-order valence-electron chi connectivity index (χ4n) is 1.86. The van der Waals surface area contributed by atoms with E-state index in [0.29, 0.717) is 0 Å². The van der Waals surface area contributed by atoms with Gasteiger partial charge < -0.3 is 0 Å². The van der Waals surface area contributed by atoms with Gasteiger partial charge in [0, 0.05) is 11.5 Å². The number of aryl methyl sites for hydroxylation is 2. The van der Waals surface area contributed by atoms with Crippen LogP contribution in [-0.2, 0) is 11.5 Å². The molecule has 0 amide bonds. The Morgan fingerprint density at radius 1 is 0.800 bits per heavy atom. The molecule has 0 unspecified atom stereocenters. The highest BCUT2D eigenvalue weighted by molar-refractivity contribution is 8.46. The van der Waals surface area contributed by atoms with E-state index in [9.17, 15) is 0 Å². The maximum absolute atomic E-state index is 5.46. The van der Waals surface area contributed by atoms with Crippen LogP contribution in [-0.4, -0.2) is 3.53 Å². The maximum atomic E-state index is 5.46. The molecule has 3 heteroatoms. The Bertz CT molecular complexity index is 539. The topological polar surface area (TPSA) is 0 Å². The van der Waals surface area contributed by atoms with Crippen LogP contribution in [0, 0.1) is 13.8 Å². The van der Waals surface area contributed by atoms with Crippen molar-refractivity contribution in [3.63, 3.8) is 0 Å². The van der Waals surface area contributed by atoms with E-state index in [1.165, 1.54) is 22.3 Å². The number of thiocarbonyl (C=S) groups is 1. The second kappa shape index (κ2) is 7.87. The van der Waals surface area contributed by atoms with Crippen molar-refractivity contribution in [3.8, 4) is 0 Å². The number of benzene rings is 2. The van der Waals surface area contributed by atoms with Crippen molar-refractivity contribution >= 4 is 39.3 Å². The third kappa shape index (κ3) is 4.65. The fraction of sp³-hybridized carbons (Fsp3) is 0.235. The quantitative estimate of drug-likeness (QED) is 0.658. The minimum absolute atomic E-state index is 0.965. The molecule has 0 spiro atoms. The summed E-state index contributed by atoms with van der Waals surface area (Å²) in [5.74, 6) is 1.93. The van der Waals surface area contributed by atoms with Crippen molar-refractivity contribution in [2.24, 2.45) is 0 Å². The number of hydrogen-bond acceptors (Lipinski definition) is 3. The third-order valence-electron chi connectivity index (χ3n) is 3.21. The Labute approximate surface area is 135 Å². The average molecular weight is 319 g/mol. The van der Waals surface area contributed by atoms with Crippen LogP contribution < -0.4 is 0 Å². The molecule has 20 heavy (non-hydrogen) atoms. The van der Waals surface area contributed by atoms with Crippen molar-refractivity contribution in [1.29, 1.82) is 0 Å². The summed E-state index contributed by atoms with van der Waals surface area (Å²) < 4.78 is 1.02. The van der Waals surface area contributed by atoms with Crippen molar-refractivity contribution in [1.82, 2.24) is 0 Å². The van der Waals surface area contributed by atoms with E-state index in [4.69, 9.17) is 12.2 Å². The van der Waals surface area contributed by atoms with Crippen molar-refractivity contribution < 1.29 is 0 Å². The van der Waals surface area contributed by atoms with Crippen LogP contribution in [0.3, 0.4) is 0 Å². The van der Waals surface area contributed by atoms with Gasteiger partial charge in [0.25, 0.3) is 0 Å². The summed E-state index contributed by atoms with van der Waals surface area (Å²) in [5.41, 5.74) is 5.42. The van der Waals surface area contributed by atoms with Crippen LogP contribution in [0.1, 0.15) is 22.3 Å². The minimum atomic E-state index is 0.965. The number of rotatable bonds is 4. The molecular weight excluding hydrogens is 300 g/mol. The van der Waals surface area contributed by atoms with Crippen LogP contribution in [0.25, 0.3) is 0 Å². The molecule has 2 rings (SSSR count). The third-order valence-corrected chi connectivity index (χ3v) is 6.01. The van der Waals surface area contributed by atoms with Gasteiger partial charge in [0.15, 0.2) is 0 Å². The van der Waals surface area contributed by atoms with Crippen molar-refractivity contribution in [2.45, 2.75) is 25.4 Å². The molecule has 104 valence electrons. The van der Waals surface area contributed by atoms with E-state index < -0.39 is 0 Å². The summed E-state index contributed by atoms with van der Waals surface area (Å²) in [7, 11) is 0. The van der Waals surface area contributed by atoms with E-state index in [-0.39, 0.29) is 0 Å². The molecule has 0 atom stereocenters. The number of hydrogen-bond donors (Lipinski definition) is 0. The predicted molar refractivity (Wildman–Crippen MR) is 97.5 cm³/mol. The largest absolute Gasteiger partial charge is 0.104 e. The molecule has 0 heterocycles. The molecule has 0 radical (unpaired) electrons. The van der Waals surface area contributed by atoms with Crippen LogP contribution in [0.5, 0.6) is 0 Å². The SMILES string of the molecule is Cc1ccccc1CSC(=S)SCc1ccccc1C. The maximum Gasteiger partial charge on any atom is 0.104 e. The Morgan fingerprint density at radius 3 is 1.60 bits per heavy atom. The van der Waals surface area contributed by atoms with Gasteiger partial charge in [0.2, 0.25) is 0 Å². The molecule has 0 bridgehead atoms. The minimum Gasteiger partial charge on any atom is -0.103 e. The molecule has 0 saturated carbocycles. The zero-order valence-corrected chi connectivity index (χ0v) is 14.2. The lowest BCUT2D eigenvalue weighted by atomic mass is 10.1. The number of thioether (sulfide) groups is 2.